The van der Waals surface area contributed by atoms with Crippen molar-refractivity contribution < 1.29 is 17.6 Å². The lowest BCUT2D eigenvalue weighted by Crippen LogP contribution is -2.40. The Labute approximate surface area is 146 Å². The average Bonchev–Trinajstić information content (AvgIpc) is 2.56. The van der Waals surface area contributed by atoms with Gasteiger partial charge in [-0.2, -0.15) is 4.31 Å². The minimum atomic E-state index is -3.53. The van der Waals surface area contributed by atoms with Crippen molar-refractivity contribution >= 4 is 15.9 Å². The number of nitrogens with one attached hydrogen (secondary N) is 1. The number of amides is 1. The molecular formula is C17H20FN3O3S. The van der Waals surface area contributed by atoms with Crippen LogP contribution in [-0.4, -0.2) is 43.0 Å². The first kappa shape index (κ1) is 19.0. The molecule has 0 fully saturated rings. The van der Waals surface area contributed by atoms with Crippen molar-refractivity contribution in [2.45, 2.75) is 13.0 Å². The van der Waals surface area contributed by atoms with Crippen molar-refractivity contribution in [2.75, 3.05) is 19.3 Å². The number of carbonyl (C=O) groups excluding carboxylic acids is 1. The Morgan fingerprint density at radius 2 is 1.76 bits per heavy atom. The minimum absolute atomic E-state index is 0.104. The molecule has 134 valence electrons. The van der Waals surface area contributed by atoms with Gasteiger partial charge in [-0.25, -0.2) is 12.8 Å². The van der Waals surface area contributed by atoms with E-state index in [1.807, 2.05) is 0 Å². The standard InChI is InChI=1S/C17H20FN3O3S/c1-25(23,24)21(12-15-6-9-19-10-7-15)13-17(22)20-11-8-14-2-4-16(18)5-3-14/h2-7,9-10H,8,11-13H2,1H3,(H,20,22). The van der Waals surface area contributed by atoms with Crippen molar-refractivity contribution in [3.05, 3.63) is 65.7 Å². The lowest BCUT2D eigenvalue weighted by atomic mass is 10.1. The second-order valence-corrected chi connectivity index (χ2v) is 7.60. The monoisotopic (exact) mass is 365 g/mol. The second-order valence-electron chi connectivity index (χ2n) is 5.61. The summed E-state index contributed by atoms with van der Waals surface area (Å²) in [6.45, 7) is 0.189. The van der Waals surface area contributed by atoms with E-state index in [0.717, 1.165) is 21.7 Å². The van der Waals surface area contributed by atoms with Gasteiger partial charge in [0.25, 0.3) is 0 Å². The molecule has 2 rings (SSSR count). The predicted octanol–water partition coefficient (Wildman–Crippen LogP) is 1.34. The second kappa shape index (κ2) is 8.68. The molecule has 1 N–H and O–H groups in total. The van der Waals surface area contributed by atoms with E-state index in [0.29, 0.717) is 13.0 Å². The lowest BCUT2D eigenvalue weighted by molar-refractivity contribution is -0.121. The quantitative estimate of drug-likeness (QED) is 0.766. The Morgan fingerprint density at radius 1 is 1.12 bits per heavy atom. The number of rotatable bonds is 8. The van der Waals surface area contributed by atoms with Gasteiger partial charge in [-0.1, -0.05) is 12.1 Å². The van der Waals surface area contributed by atoms with E-state index >= 15 is 0 Å². The molecule has 8 heteroatoms. The minimum Gasteiger partial charge on any atom is -0.355 e. The third-order valence-electron chi connectivity index (χ3n) is 3.55. The van der Waals surface area contributed by atoms with Gasteiger partial charge in [-0.3, -0.25) is 9.78 Å². The molecule has 0 aliphatic rings. The predicted molar refractivity (Wildman–Crippen MR) is 92.6 cm³/mol. The van der Waals surface area contributed by atoms with Gasteiger partial charge in [-0.05, 0) is 41.8 Å². The highest BCUT2D eigenvalue weighted by atomic mass is 32.2. The van der Waals surface area contributed by atoms with Gasteiger partial charge in [0.2, 0.25) is 15.9 Å². The first-order chi connectivity index (χ1) is 11.8. The Bertz CT molecular complexity index is 796. The molecule has 0 atom stereocenters. The summed E-state index contributed by atoms with van der Waals surface area (Å²) in [6.07, 6.45) is 4.74. The van der Waals surface area contributed by atoms with Gasteiger partial charge in [0.05, 0.1) is 12.8 Å². The molecular weight excluding hydrogens is 345 g/mol. The number of pyridine rings is 1. The smallest absolute Gasteiger partial charge is 0.235 e. The average molecular weight is 365 g/mol. The molecule has 2 aromatic rings. The van der Waals surface area contributed by atoms with Gasteiger partial charge in [0.15, 0.2) is 0 Å². The molecule has 0 aliphatic heterocycles. The fourth-order valence-corrected chi connectivity index (χ4v) is 2.93. The Balaban J connectivity index is 1.87. The fraction of sp³-hybridized carbons (Fsp3) is 0.294. The van der Waals surface area contributed by atoms with E-state index in [9.17, 15) is 17.6 Å². The molecule has 1 aromatic carbocycles. The van der Waals surface area contributed by atoms with Gasteiger partial charge in [0.1, 0.15) is 5.82 Å². The van der Waals surface area contributed by atoms with Gasteiger partial charge < -0.3 is 5.32 Å². The normalized spacial score (nSPS) is 11.5. The summed E-state index contributed by atoms with van der Waals surface area (Å²) >= 11 is 0. The van der Waals surface area contributed by atoms with Crippen LogP contribution in [0.3, 0.4) is 0 Å². The molecule has 0 aliphatic carbocycles. The molecule has 1 heterocycles. The number of sulfonamides is 1. The summed E-state index contributed by atoms with van der Waals surface area (Å²) in [7, 11) is -3.53. The highest BCUT2D eigenvalue weighted by molar-refractivity contribution is 7.88. The van der Waals surface area contributed by atoms with Crippen LogP contribution < -0.4 is 5.32 Å². The topological polar surface area (TPSA) is 79.4 Å². The van der Waals surface area contributed by atoms with Crippen LogP contribution >= 0.6 is 0 Å². The largest absolute Gasteiger partial charge is 0.355 e. The first-order valence-corrected chi connectivity index (χ1v) is 9.54. The Kier molecular flexibility index (Phi) is 6.60. The van der Waals surface area contributed by atoms with Crippen LogP contribution in [0.2, 0.25) is 0 Å². The summed E-state index contributed by atoms with van der Waals surface area (Å²) in [5.74, 6) is -0.700. The number of benzene rings is 1. The fourth-order valence-electron chi connectivity index (χ4n) is 2.20. The summed E-state index contributed by atoms with van der Waals surface area (Å²) < 4.78 is 37.7. The van der Waals surface area contributed by atoms with Gasteiger partial charge in [-0.15, -0.1) is 0 Å². The van der Waals surface area contributed by atoms with E-state index in [4.69, 9.17) is 0 Å². The molecule has 0 unspecified atom stereocenters. The van der Waals surface area contributed by atoms with Crippen LogP contribution in [0.4, 0.5) is 4.39 Å². The third kappa shape index (κ3) is 6.60. The molecule has 1 aromatic heterocycles. The third-order valence-corrected chi connectivity index (χ3v) is 4.74. The van der Waals surface area contributed by atoms with Crippen LogP contribution in [0.15, 0.2) is 48.8 Å². The molecule has 0 saturated carbocycles. The number of nitrogens with zero attached hydrogens (tertiary/aromatic N) is 2. The summed E-state index contributed by atoms with van der Waals surface area (Å²) in [4.78, 5) is 15.9. The zero-order valence-corrected chi connectivity index (χ0v) is 14.7. The van der Waals surface area contributed by atoms with Crippen LogP contribution in [0, 0.1) is 5.82 Å². The number of hydrogen-bond donors (Lipinski definition) is 1. The summed E-state index contributed by atoms with van der Waals surface area (Å²) in [6, 6.07) is 9.41. The molecule has 25 heavy (non-hydrogen) atoms. The van der Waals surface area contributed by atoms with Crippen LogP contribution in [0.25, 0.3) is 0 Å². The molecule has 0 bridgehead atoms. The summed E-state index contributed by atoms with van der Waals surface area (Å²) in [5, 5.41) is 2.68. The molecule has 6 nitrogen and oxygen atoms in total. The van der Waals surface area contributed by atoms with E-state index in [-0.39, 0.29) is 24.8 Å². The SMILES string of the molecule is CS(=O)(=O)N(CC(=O)NCCc1ccc(F)cc1)Cc1ccncc1. The van der Waals surface area contributed by atoms with Crippen molar-refractivity contribution in [3.63, 3.8) is 0 Å². The van der Waals surface area contributed by atoms with Crippen LogP contribution in [-0.2, 0) is 27.8 Å². The molecule has 0 saturated heterocycles. The van der Waals surface area contributed by atoms with Crippen LogP contribution in [0.1, 0.15) is 11.1 Å². The zero-order chi connectivity index (χ0) is 18.3. The molecule has 0 radical (unpaired) electrons. The maximum atomic E-state index is 12.8. The Hall–Kier alpha value is -2.32. The highest BCUT2D eigenvalue weighted by Crippen LogP contribution is 2.07. The van der Waals surface area contributed by atoms with E-state index in [1.165, 1.54) is 12.1 Å². The number of halogens is 1. The van der Waals surface area contributed by atoms with Gasteiger partial charge >= 0.3 is 0 Å². The molecule has 1 amide bonds. The van der Waals surface area contributed by atoms with Crippen molar-refractivity contribution in [2.24, 2.45) is 0 Å². The lowest BCUT2D eigenvalue weighted by Gasteiger charge is -2.19. The summed E-state index contributed by atoms with van der Waals surface area (Å²) in [5.41, 5.74) is 1.64. The van der Waals surface area contributed by atoms with Crippen LogP contribution in [0.5, 0.6) is 0 Å². The van der Waals surface area contributed by atoms with Crippen molar-refractivity contribution in [1.29, 1.82) is 0 Å². The maximum absolute atomic E-state index is 12.8. The number of aromatic nitrogens is 1. The highest BCUT2D eigenvalue weighted by Gasteiger charge is 2.20. The number of hydrogen-bond acceptors (Lipinski definition) is 4. The number of carbonyl (C=O) groups is 1. The van der Waals surface area contributed by atoms with E-state index < -0.39 is 10.0 Å². The maximum Gasteiger partial charge on any atom is 0.235 e. The van der Waals surface area contributed by atoms with Crippen molar-refractivity contribution in [1.82, 2.24) is 14.6 Å². The van der Waals surface area contributed by atoms with E-state index in [2.05, 4.69) is 10.3 Å². The van der Waals surface area contributed by atoms with E-state index in [1.54, 1.807) is 36.7 Å². The Morgan fingerprint density at radius 3 is 2.36 bits per heavy atom. The van der Waals surface area contributed by atoms with Crippen molar-refractivity contribution in [3.8, 4) is 0 Å². The van der Waals surface area contributed by atoms with Gasteiger partial charge in [0, 0.05) is 25.5 Å². The zero-order valence-electron chi connectivity index (χ0n) is 13.9. The molecule has 0 spiro atoms. The first-order valence-electron chi connectivity index (χ1n) is 7.70.